The number of piperazine rings is 1. The molecule has 5 aromatic rings. The maximum absolute atomic E-state index is 13.4. The van der Waals surface area contributed by atoms with Gasteiger partial charge in [-0.05, 0) is 155 Å². The number of hydrogen-bond donors (Lipinski definition) is 3. The summed E-state index contributed by atoms with van der Waals surface area (Å²) in [5.41, 5.74) is 3.35. The Kier molecular flexibility index (Phi) is 13.0. The molecule has 5 fully saturated rings. The summed E-state index contributed by atoms with van der Waals surface area (Å²) in [6.45, 7) is 9.35. The molecular weight excluding hydrogens is 918 g/mol. The molecule has 6 heterocycles. The fourth-order valence-corrected chi connectivity index (χ4v) is 11.3. The van der Waals surface area contributed by atoms with Gasteiger partial charge in [0.2, 0.25) is 17.7 Å². The monoisotopic (exact) mass is 977 g/mol. The second-order valence-electron chi connectivity index (χ2n) is 20.1. The van der Waals surface area contributed by atoms with Crippen molar-refractivity contribution in [1.82, 2.24) is 25.0 Å². The molecule has 0 spiro atoms. The quantitative estimate of drug-likeness (QED) is 0.0825. The highest BCUT2D eigenvalue weighted by Crippen LogP contribution is 2.48. The van der Waals surface area contributed by atoms with Gasteiger partial charge in [-0.3, -0.25) is 38.8 Å². The van der Waals surface area contributed by atoms with Gasteiger partial charge in [-0.15, -0.1) is 0 Å². The predicted octanol–water partition coefficient (Wildman–Crippen LogP) is 6.91. The van der Waals surface area contributed by atoms with Crippen LogP contribution in [0.25, 0.3) is 10.9 Å². The van der Waals surface area contributed by atoms with E-state index < -0.39 is 23.2 Å². The van der Waals surface area contributed by atoms with Crippen LogP contribution >= 0.6 is 0 Å². The van der Waals surface area contributed by atoms with E-state index in [0.717, 1.165) is 119 Å². The largest absolute Gasteiger partial charge is 0.495 e. The minimum absolute atomic E-state index is 0.254. The molecule has 4 saturated heterocycles. The fourth-order valence-electron chi connectivity index (χ4n) is 11.3. The minimum Gasteiger partial charge on any atom is -0.495 e. The normalized spacial score (nSPS) is 20.8. The van der Waals surface area contributed by atoms with Gasteiger partial charge in [0.1, 0.15) is 34.5 Å². The van der Waals surface area contributed by atoms with E-state index >= 15 is 0 Å². The van der Waals surface area contributed by atoms with Gasteiger partial charge in [-0.2, -0.15) is 0 Å². The van der Waals surface area contributed by atoms with Crippen molar-refractivity contribution in [2.45, 2.75) is 63.5 Å². The molecule has 16 nitrogen and oxygen atoms in total. The van der Waals surface area contributed by atoms with Crippen molar-refractivity contribution < 1.29 is 37.8 Å². The fraction of sp³-hybridized carbons (Fsp3) is 0.418. The summed E-state index contributed by atoms with van der Waals surface area (Å²) in [4.78, 5) is 81.3. The molecule has 0 radical (unpaired) electrons. The topological polar surface area (TPSA) is 169 Å². The molecule has 1 unspecified atom stereocenters. The Morgan fingerprint density at radius 2 is 1.42 bits per heavy atom. The van der Waals surface area contributed by atoms with Crippen LogP contribution in [0.1, 0.15) is 72.1 Å². The third-order valence-corrected chi connectivity index (χ3v) is 15.8. The summed E-state index contributed by atoms with van der Waals surface area (Å²) in [7, 11) is 1.69. The Hall–Kier alpha value is -7.11. The van der Waals surface area contributed by atoms with Gasteiger partial charge in [0, 0.05) is 87.0 Å². The number of carbonyl (C=O) groups is 5. The van der Waals surface area contributed by atoms with E-state index in [1.165, 1.54) is 29.2 Å². The molecule has 1 aromatic heterocycles. The number of imide groups is 1. The molecule has 5 aliphatic heterocycles. The first kappa shape index (κ1) is 47.2. The summed E-state index contributed by atoms with van der Waals surface area (Å²) >= 11 is 0. The smallest absolute Gasteiger partial charge is 0.262 e. The molecule has 3 N–H and O–H groups in total. The average Bonchev–Trinajstić information content (AvgIpc) is 4.19. The summed E-state index contributed by atoms with van der Waals surface area (Å²) in [6, 6.07) is 23.7. The van der Waals surface area contributed by atoms with Crippen molar-refractivity contribution in [3.05, 3.63) is 108 Å². The van der Waals surface area contributed by atoms with Gasteiger partial charge in [0.15, 0.2) is 0 Å². The number of nitrogens with one attached hydrogen (secondary N) is 3. The number of halogens is 1. The molecule has 1 aliphatic carbocycles. The molecular formula is C55H60FN9O7. The van der Waals surface area contributed by atoms with Crippen LogP contribution in [-0.4, -0.2) is 134 Å². The number of nitrogens with zero attached hydrogens (tertiary/aromatic N) is 6. The zero-order valence-corrected chi connectivity index (χ0v) is 40.5. The highest BCUT2D eigenvalue weighted by atomic mass is 19.1. The minimum atomic E-state index is -1.17. The van der Waals surface area contributed by atoms with E-state index in [1.807, 2.05) is 24.3 Å². The Morgan fingerprint density at radius 3 is 2.08 bits per heavy atom. The third kappa shape index (κ3) is 9.42. The number of methoxy groups -OCH3 is 1. The van der Waals surface area contributed by atoms with Gasteiger partial charge in [0.05, 0.1) is 29.4 Å². The van der Waals surface area contributed by atoms with Gasteiger partial charge in [0.25, 0.3) is 11.8 Å². The number of pyridine rings is 1. The van der Waals surface area contributed by atoms with E-state index in [0.29, 0.717) is 71.8 Å². The molecule has 6 aliphatic rings. The predicted molar refractivity (Wildman–Crippen MR) is 271 cm³/mol. The number of amides is 5. The van der Waals surface area contributed by atoms with Gasteiger partial charge < -0.3 is 40.1 Å². The molecule has 1 saturated carbocycles. The van der Waals surface area contributed by atoms with Crippen LogP contribution in [0.15, 0.2) is 91.1 Å². The number of ether oxygens (including phenoxy) is 2. The number of piperidine rings is 3. The standard InChI is InChI=1S/C55H60FN9O7/c1-71-49-32-44-45(57-22-14-48(44)72-41-11-8-38(9-12-41)60-54(70)55(19-20-55)53(69)59-37-6-4-36(56)5-7-37)33-47(49)64-25-15-35(16-26-64)34-61-23-17-39(18-24-61)62-27-29-63(30-28-62)40-10-13-42-43(31-40)52(68)65(51(42)67)46-3-2-21-58-50(46)66/h4-14,22,31-33,35,39,46H,2-3,15-21,23-30,34H2,1H3,(H,58,66)(H,59,69)(H,60,70). The Morgan fingerprint density at radius 1 is 0.736 bits per heavy atom. The first-order valence-corrected chi connectivity index (χ1v) is 25.4. The first-order valence-electron chi connectivity index (χ1n) is 25.4. The number of benzene rings is 4. The SMILES string of the molecule is COc1cc2c(Oc3ccc(NC(=O)C4(C(=O)Nc5ccc(F)cc5)CC4)cc3)ccnc2cc1N1CCC(CN2CCC(N3CCN(c4ccc5c(c4)C(=O)N(C4CCCNC4=O)C5=O)CC3)CC2)CC1. The number of anilines is 4. The van der Waals surface area contributed by atoms with Crippen molar-refractivity contribution in [1.29, 1.82) is 0 Å². The van der Waals surface area contributed by atoms with Crippen LogP contribution in [0.5, 0.6) is 17.2 Å². The van der Waals surface area contributed by atoms with Crippen molar-refractivity contribution in [2.75, 3.05) is 93.0 Å². The lowest BCUT2D eigenvalue weighted by Gasteiger charge is -2.44. The van der Waals surface area contributed by atoms with E-state index in [1.54, 1.807) is 43.6 Å². The van der Waals surface area contributed by atoms with Crippen LogP contribution in [0.4, 0.5) is 27.1 Å². The van der Waals surface area contributed by atoms with Crippen molar-refractivity contribution in [3.63, 3.8) is 0 Å². The van der Waals surface area contributed by atoms with E-state index in [-0.39, 0.29) is 23.6 Å². The van der Waals surface area contributed by atoms with Gasteiger partial charge in [-0.1, -0.05) is 0 Å². The van der Waals surface area contributed by atoms with E-state index in [9.17, 15) is 28.4 Å². The summed E-state index contributed by atoms with van der Waals surface area (Å²) < 4.78 is 25.7. The van der Waals surface area contributed by atoms with Gasteiger partial charge >= 0.3 is 0 Å². The van der Waals surface area contributed by atoms with Crippen molar-refractivity contribution in [2.24, 2.45) is 11.3 Å². The van der Waals surface area contributed by atoms with E-state index in [4.69, 9.17) is 14.5 Å². The number of aromatic nitrogens is 1. The maximum atomic E-state index is 13.4. The Balaban J connectivity index is 0.636. The number of carbonyl (C=O) groups excluding carboxylic acids is 5. The molecule has 72 heavy (non-hydrogen) atoms. The number of hydrogen-bond acceptors (Lipinski definition) is 12. The Labute approximate surface area is 417 Å². The zero-order valence-electron chi connectivity index (χ0n) is 40.5. The molecule has 11 rings (SSSR count). The van der Waals surface area contributed by atoms with Crippen LogP contribution in [0.3, 0.4) is 0 Å². The summed E-state index contributed by atoms with van der Waals surface area (Å²) in [5.74, 6) is 0.364. The van der Waals surface area contributed by atoms with Crippen molar-refractivity contribution in [3.8, 4) is 17.2 Å². The Bertz CT molecular complexity index is 2890. The number of likely N-dealkylation sites (tertiary alicyclic amines) is 1. The van der Waals surface area contributed by atoms with Crippen LogP contribution in [0, 0.1) is 17.2 Å². The molecule has 1 atom stereocenters. The highest BCUT2D eigenvalue weighted by molar-refractivity contribution is 6.23. The molecule has 0 bridgehead atoms. The lowest BCUT2D eigenvalue weighted by atomic mass is 9.94. The van der Waals surface area contributed by atoms with Crippen molar-refractivity contribution >= 4 is 63.2 Å². The van der Waals surface area contributed by atoms with Crippen LogP contribution < -0.4 is 35.2 Å². The van der Waals surface area contributed by atoms with E-state index in [2.05, 4.69) is 41.6 Å². The summed E-state index contributed by atoms with van der Waals surface area (Å²) in [6.07, 6.45) is 8.33. The molecule has 17 heteroatoms. The maximum Gasteiger partial charge on any atom is 0.262 e. The third-order valence-electron chi connectivity index (χ3n) is 15.8. The second-order valence-corrected chi connectivity index (χ2v) is 20.1. The molecule has 5 amide bonds. The zero-order chi connectivity index (χ0) is 49.5. The number of rotatable bonds is 13. The molecule has 374 valence electrons. The average molecular weight is 978 g/mol. The first-order chi connectivity index (χ1) is 35.0. The van der Waals surface area contributed by atoms with Crippen LogP contribution in [-0.2, 0) is 14.4 Å². The lowest BCUT2D eigenvalue weighted by molar-refractivity contribution is -0.131. The lowest BCUT2D eigenvalue weighted by Crippen LogP contribution is -2.53. The second kappa shape index (κ2) is 19.8. The molecule has 4 aromatic carbocycles. The highest BCUT2D eigenvalue weighted by Gasteiger charge is 2.56. The van der Waals surface area contributed by atoms with Crippen LogP contribution in [0.2, 0.25) is 0 Å². The summed E-state index contributed by atoms with van der Waals surface area (Å²) in [5, 5.41) is 9.22. The number of fused-ring (bicyclic) bond motifs is 2. The van der Waals surface area contributed by atoms with Gasteiger partial charge in [-0.25, -0.2) is 4.39 Å².